The molecule has 18 heavy (non-hydrogen) atoms. The van der Waals surface area contributed by atoms with E-state index in [1.165, 1.54) is 0 Å². The molecule has 0 aromatic carbocycles. The predicted octanol–water partition coefficient (Wildman–Crippen LogP) is -0.681. The molecule has 4 N–H and O–H groups in total. The summed E-state index contributed by atoms with van der Waals surface area (Å²) in [4.78, 5) is 24.0. The smallest absolute Gasteiger partial charge is 0.328 e. The normalized spacial score (nSPS) is 13.2. The first kappa shape index (κ1) is 16.7. The maximum absolute atomic E-state index is 11.4. The van der Waals surface area contributed by atoms with Gasteiger partial charge in [0.15, 0.2) is 6.04 Å². The summed E-state index contributed by atoms with van der Waals surface area (Å²) in [7, 11) is 3.88. The lowest BCUT2D eigenvalue weighted by Gasteiger charge is -2.28. The second kappa shape index (κ2) is 7.17. The van der Waals surface area contributed by atoms with Gasteiger partial charge in [0.2, 0.25) is 0 Å². The number of carboxylic acid groups (broad SMARTS) is 1. The second-order valence-corrected chi connectivity index (χ2v) is 5.30. The Morgan fingerprint density at radius 1 is 1.33 bits per heavy atom. The Bertz CT molecular complexity index is 292. The molecule has 0 saturated heterocycles. The van der Waals surface area contributed by atoms with Gasteiger partial charge in [-0.05, 0) is 19.5 Å². The zero-order chi connectivity index (χ0) is 14.3. The summed E-state index contributed by atoms with van der Waals surface area (Å²) in [5.74, 6) is -1.26. The van der Waals surface area contributed by atoms with Crippen molar-refractivity contribution in [3.05, 3.63) is 0 Å². The molecule has 0 radical (unpaired) electrons. The van der Waals surface area contributed by atoms with Gasteiger partial charge in [-0.25, -0.2) is 9.59 Å². The van der Waals surface area contributed by atoms with Gasteiger partial charge >= 0.3 is 12.0 Å². The molecule has 0 heterocycles. The van der Waals surface area contributed by atoms with Gasteiger partial charge in [0.05, 0.1) is 6.61 Å². The van der Waals surface area contributed by atoms with Crippen LogP contribution in [0.15, 0.2) is 0 Å². The zero-order valence-electron chi connectivity index (χ0n) is 11.4. The van der Waals surface area contributed by atoms with Crippen LogP contribution in [0.1, 0.15) is 13.8 Å². The summed E-state index contributed by atoms with van der Waals surface area (Å²) < 4.78 is 0. The molecule has 0 aliphatic heterocycles. The van der Waals surface area contributed by atoms with E-state index < -0.39 is 24.6 Å². The fraction of sp³-hybridized carbons (Fsp3) is 0.818. The molecular weight excluding hydrogens is 238 g/mol. The van der Waals surface area contributed by atoms with Gasteiger partial charge in [0.25, 0.3) is 0 Å². The van der Waals surface area contributed by atoms with E-state index in [9.17, 15) is 9.59 Å². The topological polar surface area (TPSA) is 102 Å². The van der Waals surface area contributed by atoms with Crippen LogP contribution in [-0.4, -0.2) is 66.9 Å². The minimum atomic E-state index is -1.28. The van der Waals surface area contributed by atoms with Crippen LogP contribution in [-0.2, 0) is 4.79 Å². The van der Waals surface area contributed by atoms with E-state index in [2.05, 4.69) is 10.6 Å². The number of carboxylic acids is 1. The Kier molecular flexibility index (Phi) is 6.64. The highest BCUT2D eigenvalue weighted by Gasteiger charge is 2.22. The molecule has 0 aliphatic rings. The van der Waals surface area contributed by atoms with E-state index in [4.69, 9.17) is 10.2 Å². The van der Waals surface area contributed by atoms with Crippen molar-refractivity contribution in [2.45, 2.75) is 19.9 Å². The summed E-state index contributed by atoms with van der Waals surface area (Å²) in [5.41, 5.74) is -0.126. The molecule has 0 rings (SSSR count). The molecule has 2 amide bonds. The number of urea groups is 1. The number of hydrogen-bond donors (Lipinski definition) is 4. The third-order valence-electron chi connectivity index (χ3n) is 2.26. The molecule has 0 aromatic heterocycles. The van der Waals surface area contributed by atoms with E-state index in [0.29, 0.717) is 6.54 Å². The van der Waals surface area contributed by atoms with Gasteiger partial charge in [-0.2, -0.15) is 0 Å². The first-order valence-electron chi connectivity index (χ1n) is 5.70. The number of nitrogens with zero attached hydrogens (tertiary/aromatic N) is 1. The lowest BCUT2D eigenvalue weighted by molar-refractivity contribution is -0.140. The highest BCUT2D eigenvalue weighted by molar-refractivity contribution is 5.82. The van der Waals surface area contributed by atoms with Crippen molar-refractivity contribution in [3.8, 4) is 0 Å². The molecule has 0 aromatic rings. The van der Waals surface area contributed by atoms with Gasteiger partial charge in [0.1, 0.15) is 0 Å². The fourth-order valence-electron chi connectivity index (χ4n) is 1.63. The molecular formula is C11H23N3O4. The summed E-state index contributed by atoms with van der Waals surface area (Å²) >= 11 is 0. The largest absolute Gasteiger partial charge is 0.480 e. The molecule has 0 saturated carbocycles. The van der Waals surface area contributed by atoms with Crippen LogP contribution >= 0.6 is 0 Å². The van der Waals surface area contributed by atoms with Crippen molar-refractivity contribution >= 4 is 12.0 Å². The third kappa shape index (κ3) is 7.08. The molecule has 0 aliphatic carbocycles. The zero-order valence-corrected chi connectivity index (χ0v) is 11.4. The monoisotopic (exact) mass is 261 g/mol. The van der Waals surface area contributed by atoms with E-state index >= 15 is 0 Å². The Labute approximate surface area is 107 Å². The highest BCUT2D eigenvalue weighted by atomic mass is 16.4. The lowest BCUT2D eigenvalue weighted by Crippen LogP contribution is -2.50. The quantitative estimate of drug-likeness (QED) is 0.486. The highest BCUT2D eigenvalue weighted by Crippen LogP contribution is 2.13. The van der Waals surface area contributed by atoms with E-state index in [1.54, 1.807) is 0 Å². The number of carbonyl (C=O) groups excluding carboxylic acids is 1. The average Bonchev–Trinajstić information content (AvgIpc) is 2.21. The molecule has 1 atom stereocenters. The van der Waals surface area contributed by atoms with Crippen molar-refractivity contribution in [3.63, 3.8) is 0 Å². The fourth-order valence-corrected chi connectivity index (χ4v) is 1.63. The predicted molar refractivity (Wildman–Crippen MR) is 67.4 cm³/mol. The molecule has 0 fully saturated rings. The van der Waals surface area contributed by atoms with Gasteiger partial charge in [0, 0.05) is 13.1 Å². The number of aliphatic hydroxyl groups is 1. The number of rotatable bonds is 7. The first-order valence-corrected chi connectivity index (χ1v) is 5.70. The van der Waals surface area contributed by atoms with Crippen molar-refractivity contribution in [2.24, 2.45) is 5.41 Å². The molecule has 106 valence electrons. The van der Waals surface area contributed by atoms with Crippen molar-refractivity contribution in [2.75, 3.05) is 33.8 Å². The van der Waals surface area contributed by atoms with E-state index in [1.807, 2.05) is 32.8 Å². The number of aliphatic hydroxyl groups excluding tert-OH is 1. The second-order valence-electron chi connectivity index (χ2n) is 5.30. The minimum Gasteiger partial charge on any atom is -0.480 e. The summed E-state index contributed by atoms with van der Waals surface area (Å²) in [6, 6.07) is -1.87. The van der Waals surface area contributed by atoms with Crippen LogP contribution in [0.2, 0.25) is 0 Å². The van der Waals surface area contributed by atoms with Gasteiger partial charge in [-0.3, -0.25) is 0 Å². The number of carbonyl (C=O) groups is 2. The Hall–Kier alpha value is -1.34. The third-order valence-corrected chi connectivity index (χ3v) is 2.26. The van der Waals surface area contributed by atoms with Gasteiger partial charge in [-0.15, -0.1) is 0 Å². The average molecular weight is 261 g/mol. The van der Waals surface area contributed by atoms with E-state index in [-0.39, 0.29) is 5.41 Å². The number of nitrogens with one attached hydrogen (secondary N) is 2. The van der Waals surface area contributed by atoms with Gasteiger partial charge in [-0.1, -0.05) is 13.8 Å². The molecule has 7 heteroatoms. The maximum atomic E-state index is 11.4. The molecule has 0 bridgehead atoms. The van der Waals surface area contributed by atoms with Crippen LogP contribution in [0.25, 0.3) is 0 Å². The minimum absolute atomic E-state index is 0.126. The molecule has 0 spiro atoms. The van der Waals surface area contributed by atoms with Crippen LogP contribution in [0.3, 0.4) is 0 Å². The Morgan fingerprint density at radius 3 is 2.28 bits per heavy atom. The van der Waals surface area contributed by atoms with Gasteiger partial charge < -0.3 is 25.7 Å². The van der Waals surface area contributed by atoms with Crippen molar-refractivity contribution in [1.29, 1.82) is 0 Å². The van der Waals surface area contributed by atoms with Crippen LogP contribution in [0.5, 0.6) is 0 Å². The first-order chi connectivity index (χ1) is 8.18. The number of aliphatic carboxylic acids is 1. The SMILES string of the molecule is CN(C)CC(C)(C)CNC(=O)NC(CO)C(=O)O. The molecule has 1 unspecified atom stereocenters. The summed E-state index contributed by atoms with van der Waals surface area (Å²) in [6.07, 6.45) is 0. The number of amides is 2. The summed E-state index contributed by atoms with van der Waals surface area (Å²) in [5, 5.41) is 22.2. The Morgan fingerprint density at radius 2 is 1.89 bits per heavy atom. The Balaban J connectivity index is 4.14. The van der Waals surface area contributed by atoms with Crippen LogP contribution in [0.4, 0.5) is 4.79 Å². The molecule has 7 nitrogen and oxygen atoms in total. The standard InChI is InChI=1S/C11H23N3O4/c1-11(2,7-14(3)4)6-12-10(18)13-8(5-15)9(16)17/h8,15H,5-7H2,1-4H3,(H,16,17)(H2,12,13,18). The maximum Gasteiger partial charge on any atom is 0.328 e. The van der Waals surface area contributed by atoms with Crippen molar-refractivity contribution in [1.82, 2.24) is 15.5 Å². The lowest BCUT2D eigenvalue weighted by atomic mass is 9.93. The van der Waals surface area contributed by atoms with Crippen LogP contribution < -0.4 is 10.6 Å². The van der Waals surface area contributed by atoms with E-state index in [0.717, 1.165) is 6.54 Å². The van der Waals surface area contributed by atoms with Crippen molar-refractivity contribution < 1.29 is 19.8 Å². The summed E-state index contributed by atoms with van der Waals surface area (Å²) in [6.45, 7) is 4.55. The number of hydrogen-bond acceptors (Lipinski definition) is 4. The van der Waals surface area contributed by atoms with Crippen LogP contribution in [0, 0.1) is 5.41 Å².